The van der Waals surface area contributed by atoms with Crippen LogP contribution >= 0.6 is 35.0 Å². The molecule has 3 aromatic rings. The standard InChI is InChI=1S/C27H27Cl2NO5S/c1-27(2,3)36-15-17-13-19(30-26(33)20-8-6-18(28)14-21(20)29)7-10-22(17)35-24-11-16(12-25(31)32)5-9-23(24)34-4/h5-11,13-14H,12,15H2,1-4H3,(H,30,33)(H,31,32). The maximum Gasteiger partial charge on any atom is 0.307 e. The van der Waals surface area contributed by atoms with E-state index >= 15 is 0 Å². The van der Waals surface area contributed by atoms with E-state index in [1.807, 2.05) is 6.07 Å². The first-order valence-electron chi connectivity index (χ1n) is 11.0. The second kappa shape index (κ2) is 11.9. The van der Waals surface area contributed by atoms with Crippen molar-refractivity contribution in [1.29, 1.82) is 0 Å². The van der Waals surface area contributed by atoms with Crippen LogP contribution in [0.3, 0.4) is 0 Å². The normalized spacial score (nSPS) is 11.2. The van der Waals surface area contributed by atoms with Crippen molar-refractivity contribution in [3.05, 3.63) is 81.3 Å². The number of hydrogen-bond acceptors (Lipinski definition) is 5. The monoisotopic (exact) mass is 547 g/mol. The predicted molar refractivity (Wildman–Crippen MR) is 146 cm³/mol. The van der Waals surface area contributed by atoms with Crippen LogP contribution in [0, 0.1) is 0 Å². The summed E-state index contributed by atoms with van der Waals surface area (Å²) >= 11 is 13.9. The Kier molecular flexibility index (Phi) is 9.17. The molecule has 0 bridgehead atoms. The van der Waals surface area contributed by atoms with Gasteiger partial charge in [0.2, 0.25) is 0 Å². The smallest absolute Gasteiger partial charge is 0.307 e. The molecular formula is C27H27Cl2NO5S. The third-order valence-corrected chi connectivity index (χ3v) is 6.83. The first-order chi connectivity index (χ1) is 16.9. The molecule has 0 radical (unpaired) electrons. The van der Waals surface area contributed by atoms with E-state index < -0.39 is 5.97 Å². The molecule has 0 fully saturated rings. The number of amides is 1. The number of nitrogens with one attached hydrogen (secondary N) is 1. The first kappa shape index (κ1) is 27.7. The summed E-state index contributed by atoms with van der Waals surface area (Å²) in [6.45, 7) is 6.35. The first-order valence-corrected chi connectivity index (χ1v) is 12.8. The zero-order valence-electron chi connectivity index (χ0n) is 20.4. The molecule has 0 saturated carbocycles. The van der Waals surface area contributed by atoms with Crippen LogP contribution in [0.5, 0.6) is 17.2 Å². The fraction of sp³-hybridized carbons (Fsp3) is 0.259. The third kappa shape index (κ3) is 7.82. The molecule has 3 rings (SSSR count). The minimum Gasteiger partial charge on any atom is -0.493 e. The number of thioether (sulfide) groups is 1. The lowest BCUT2D eigenvalue weighted by Gasteiger charge is -2.20. The van der Waals surface area contributed by atoms with Gasteiger partial charge in [0, 0.05) is 26.8 Å². The second-order valence-electron chi connectivity index (χ2n) is 8.96. The van der Waals surface area contributed by atoms with Gasteiger partial charge in [0.1, 0.15) is 5.75 Å². The van der Waals surface area contributed by atoms with Crippen molar-refractivity contribution in [2.45, 2.75) is 37.7 Å². The van der Waals surface area contributed by atoms with E-state index in [-0.39, 0.29) is 22.1 Å². The molecule has 0 atom stereocenters. The third-order valence-electron chi connectivity index (χ3n) is 4.96. The zero-order chi connectivity index (χ0) is 26.5. The summed E-state index contributed by atoms with van der Waals surface area (Å²) in [5.41, 5.74) is 2.33. The number of ether oxygens (including phenoxy) is 2. The van der Waals surface area contributed by atoms with Gasteiger partial charge >= 0.3 is 5.97 Å². The number of halogens is 2. The Morgan fingerprint density at radius 2 is 1.69 bits per heavy atom. The van der Waals surface area contributed by atoms with E-state index in [9.17, 15) is 9.59 Å². The molecule has 0 aliphatic heterocycles. The molecule has 0 aliphatic carbocycles. The van der Waals surface area contributed by atoms with Gasteiger partial charge in [-0.2, -0.15) is 11.8 Å². The SMILES string of the molecule is COc1ccc(CC(=O)O)cc1Oc1ccc(NC(=O)c2ccc(Cl)cc2Cl)cc1CSC(C)(C)C. The number of carboxylic acids is 1. The Labute approximate surface area is 224 Å². The number of carbonyl (C=O) groups is 2. The van der Waals surface area contributed by atoms with E-state index in [1.54, 1.807) is 54.2 Å². The minimum absolute atomic E-state index is 0.00749. The molecule has 0 saturated heterocycles. The number of benzene rings is 3. The maximum atomic E-state index is 12.8. The topological polar surface area (TPSA) is 84.9 Å². The molecule has 2 N–H and O–H groups in total. The lowest BCUT2D eigenvalue weighted by Crippen LogP contribution is -2.13. The Morgan fingerprint density at radius 1 is 0.972 bits per heavy atom. The van der Waals surface area contributed by atoms with Crippen molar-refractivity contribution >= 4 is 52.5 Å². The van der Waals surface area contributed by atoms with Crippen LogP contribution in [-0.2, 0) is 17.0 Å². The van der Waals surface area contributed by atoms with Gasteiger partial charge < -0.3 is 19.9 Å². The minimum atomic E-state index is -0.936. The summed E-state index contributed by atoms with van der Waals surface area (Å²) in [5.74, 6) is 0.773. The molecular weight excluding hydrogens is 521 g/mol. The number of anilines is 1. The lowest BCUT2D eigenvalue weighted by atomic mass is 10.1. The van der Waals surface area contributed by atoms with E-state index in [0.29, 0.717) is 44.8 Å². The van der Waals surface area contributed by atoms with E-state index in [1.165, 1.54) is 13.2 Å². The molecule has 0 aromatic heterocycles. The molecule has 6 nitrogen and oxygen atoms in total. The van der Waals surface area contributed by atoms with Gasteiger partial charge in [0.05, 0.1) is 24.1 Å². The largest absolute Gasteiger partial charge is 0.493 e. The average molecular weight is 548 g/mol. The molecule has 0 unspecified atom stereocenters. The summed E-state index contributed by atoms with van der Waals surface area (Å²) in [5, 5.41) is 12.7. The van der Waals surface area contributed by atoms with Gasteiger partial charge in [0.15, 0.2) is 11.5 Å². The number of carbonyl (C=O) groups excluding carboxylic acids is 1. The van der Waals surface area contributed by atoms with E-state index in [0.717, 1.165) is 5.56 Å². The van der Waals surface area contributed by atoms with Gasteiger partial charge in [-0.25, -0.2) is 0 Å². The highest BCUT2D eigenvalue weighted by atomic mass is 35.5. The predicted octanol–water partition coefficient (Wildman–Crippen LogP) is 7.71. The molecule has 9 heteroatoms. The quantitative estimate of drug-likeness (QED) is 0.285. The number of rotatable bonds is 9. The van der Waals surface area contributed by atoms with Crippen LogP contribution in [-0.4, -0.2) is 28.8 Å². The van der Waals surface area contributed by atoms with Gasteiger partial charge in [0.25, 0.3) is 5.91 Å². The van der Waals surface area contributed by atoms with Gasteiger partial charge in [-0.3, -0.25) is 9.59 Å². The van der Waals surface area contributed by atoms with Crippen molar-refractivity contribution in [3.8, 4) is 17.2 Å². The zero-order valence-corrected chi connectivity index (χ0v) is 22.7. The van der Waals surface area contributed by atoms with Crippen molar-refractivity contribution in [3.63, 3.8) is 0 Å². The van der Waals surface area contributed by atoms with Gasteiger partial charge in [-0.15, -0.1) is 0 Å². The Balaban J connectivity index is 1.93. The van der Waals surface area contributed by atoms with Crippen molar-refractivity contribution in [1.82, 2.24) is 0 Å². The van der Waals surface area contributed by atoms with E-state index in [4.69, 9.17) is 37.8 Å². The maximum absolute atomic E-state index is 12.8. The number of hydrogen-bond donors (Lipinski definition) is 2. The Bertz CT molecular complexity index is 1270. The molecule has 0 spiro atoms. The second-order valence-corrected chi connectivity index (χ2v) is 11.6. The fourth-order valence-corrected chi connectivity index (χ4v) is 4.55. The van der Waals surface area contributed by atoms with Crippen LogP contribution in [0.2, 0.25) is 10.0 Å². The molecule has 1 amide bonds. The number of carboxylic acid groups (broad SMARTS) is 1. The summed E-state index contributed by atoms with van der Waals surface area (Å²) < 4.78 is 11.6. The molecule has 3 aromatic carbocycles. The van der Waals surface area contributed by atoms with Crippen molar-refractivity contribution < 1.29 is 24.2 Å². The molecule has 190 valence electrons. The summed E-state index contributed by atoms with van der Waals surface area (Å²) in [6.07, 6.45) is -0.134. The summed E-state index contributed by atoms with van der Waals surface area (Å²) in [4.78, 5) is 24.0. The Morgan fingerprint density at radius 3 is 2.33 bits per heavy atom. The highest BCUT2D eigenvalue weighted by molar-refractivity contribution is 7.99. The van der Waals surface area contributed by atoms with Crippen molar-refractivity contribution in [2.75, 3.05) is 12.4 Å². The van der Waals surface area contributed by atoms with Crippen LogP contribution in [0.15, 0.2) is 54.6 Å². The number of methoxy groups -OCH3 is 1. The number of aliphatic carboxylic acids is 1. The highest BCUT2D eigenvalue weighted by Gasteiger charge is 2.17. The molecule has 0 aliphatic rings. The highest BCUT2D eigenvalue weighted by Crippen LogP contribution is 2.38. The van der Waals surface area contributed by atoms with Crippen LogP contribution in [0.1, 0.15) is 42.3 Å². The summed E-state index contributed by atoms with van der Waals surface area (Å²) in [7, 11) is 1.52. The van der Waals surface area contributed by atoms with Crippen LogP contribution in [0.4, 0.5) is 5.69 Å². The summed E-state index contributed by atoms with van der Waals surface area (Å²) in [6, 6.07) is 15.1. The van der Waals surface area contributed by atoms with Crippen LogP contribution in [0.25, 0.3) is 0 Å². The van der Waals surface area contributed by atoms with Crippen LogP contribution < -0.4 is 14.8 Å². The Hall–Kier alpha value is -2.87. The van der Waals surface area contributed by atoms with E-state index in [2.05, 4.69) is 26.1 Å². The fourth-order valence-electron chi connectivity index (χ4n) is 3.24. The molecule has 0 heterocycles. The molecule has 36 heavy (non-hydrogen) atoms. The lowest BCUT2D eigenvalue weighted by molar-refractivity contribution is -0.136. The van der Waals surface area contributed by atoms with Crippen molar-refractivity contribution in [2.24, 2.45) is 0 Å². The average Bonchev–Trinajstić information content (AvgIpc) is 2.78. The van der Waals surface area contributed by atoms with Gasteiger partial charge in [-0.05, 0) is 54.1 Å². The van der Waals surface area contributed by atoms with Gasteiger partial charge in [-0.1, -0.05) is 50.0 Å².